The molecular weight excluding hydrogens is 736 g/mol. The molecule has 4 aliphatic carbocycles. The molecule has 0 amide bonds. The van der Waals surface area contributed by atoms with Crippen molar-refractivity contribution < 1.29 is 19.4 Å². The summed E-state index contributed by atoms with van der Waals surface area (Å²) in [6.45, 7) is 24.4. The van der Waals surface area contributed by atoms with Crippen LogP contribution in [-0.2, 0) is 14.3 Å². The summed E-state index contributed by atoms with van der Waals surface area (Å²) in [5.41, 5.74) is 6.61. The molecule has 6 rings (SSSR count). The minimum Gasteiger partial charge on any atom is -0.481 e. The van der Waals surface area contributed by atoms with Crippen molar-refractivity contribution in [3.8, 4) is 0 Å². The number of ether oxygens (including phenoxy) is 2. The van der Waals surface area contributed by atoms with Gasteiger partial charge in [-0.05, 0) is 123 Å². The molecule has 48 heavy (non-hydrogen) atoms. The third kappa shape index (κ3) is 5.13. The average molecular weight is 797 g/mol. The Balaban J connectivity index is 1.46. The van der Waals surface area contributed by atoms with Crippen LogP contribution in [0.2, 0.25) is 0 Å². The number of carboxylic acid groups (broad SMARTS) is 1. The fraction of sp³-hybridized carbons (Fsp3) is 0.868. The topological polar surface area (TPSA) is 112 Å². The van der Waals surface area contributed by atoms with Crippen LogP contribution in [0.1, 0.15) is 114 Å². The van der Waals surface area contributed by atoms with Gasteiger partial charge in [0.25, 0.3) is 0 Å². The second-order valence-corrected chi connectivity index (χ2v) is 20.0. The molecule has 8 nitrogen and oxygen atoms in total. The standard InChI is InChI=1S/C38H60Br2N4O4/c1-21(2)23(5)33(6)15-16-35(8)24-11-12-27-34(7)18-47-20-38(27,25(24)13-14-36(35,9)28(33)30(45)46)17-26(44-32(40)42-31(39)43-44)29(34)48-19-37(10,41)22(3)4/h13,21-24,26-29H,11-12,14-20,41H2,1-10H3,(H,45,46)/t23-,24+,26-,27+,28-,29+,33-,34-,35-,36+,37+,38+/m1/s1. The van der Waals surface area contributed by atoms with Gasteiger partial charge in [0.2, 0.25) is 4.73 Å². The lowest BCUT2D eigenvalue weighted by molar-refractivity contribution is -0.253. The van der Waals surface area contributed by atoms with Gasteiger partial charge in [-0.25, -0.2) is 4.68 Å². The van der Waals surface area contributed by atoms with Crippen molar-refractivity contribution in [1.82, 2.24) is 14.8 Å². The van der Waals surface area contributed by atoms with Crippen LogP contribution in [0.4, 0.5) is 0 Å². The Kier molecular flexibility index (Phi) is 9.34. The summed E-state index contributed by atoms with van der Waals surface area (Å²) in [6.07, 6.45) is 8.07. The first-order valence-electron chi connectivity index (χ1n) is 18.4. The molecule has 0 spiro atoms. The van der Waals surface area contributed by atoms with Crippen molar-refractivity contribution in [1.29, 1.82) is 0 Å². The van der Waals surface area contributed by atoms with E-state index < -0.39 is 17.4 Å². The zero-order valence-corrected chi connectivity index (χ0v) is 34.1. The molecular formula is C38H60Br2N4O4. The first-order chi connectivity index (χ1) is 22.2. The highest BCUT2D eigenvalue weighted by molar-refractivity contribution is 9.11. The molecule has 3 N–H and O–H groups in total. The zero-order valence-electron chi connectivity index (χ0n) is 30.9. The van der Waals surface area contributed by atoms with Crippen molar-refractivity contribution in [3.05, 3.63) is 21.1 Å². The molecule has 2 bridgehead atoms. The molecule has 3 saturated carbocycles. The molecule has 1 aromatic rings. The van der Waals surface area contributed by atoms with Crippen molar-refractivity contribution in [2.75, 3.05) is 19.8 Å². The molecule has 270 valence electrons. The van der Waals surface area contributed by atoms with Gasteiger partial charge < -0.3 is 20.3 Å². The van der Waals surface area contributed by atoms with Gasteiger partial charge in [0.15, 0.2) is 4.73 Å². The van der Waals surface area contributed by atoms with Crippen LogP contribution in [0.3, 0.4) is 0 Å². The first-order valence-corrected chi connectivity index (χ1v) is 20.0. The number of allylic oxidation sites excluding steroid dienone is 1. The van der Waals surface area contributed by atoms with Gasteiger partial charge in [0, 0.05) is 16.4 Å². The fourth-order valence-corrected chi connectivity index (χ4v) is 13.1. The SMILES string of the molecule is CC(C)[C@@H](C)[C@@]1(C)CC[C@]2(C)[C@H]3CC[C@@H]4[C@@]5(COC[C@@]4(C)[C@@H](OC[C@](C)(N)C(C)C)[C@H](n4nc(Br)nc4Br)C5)C3=CC[C@@]2(C)[C@@H]1C(=O)O. The molecule has 10 heteroatoms. The van der Waals surface area contributed by atoms with Crippen molar-refractivity contribution in [2.45, 2.75) is 125 Å². The fourth-order valence-electron chi connectivity index (χ4n) is 12.0. The molecule has 5 aliphatic rings. The largest absolute Gasteiger partial charge is 0.481 e. The van der Waals surface area contributed by atoms with Crippen LogP contribution < -0.4 is 5.73 Å². The monoisotopic (exact) mass is 794 g/mol. The summed E-state index contributed by atoms with van der Waals surface area (Å²) in [5, 5.41) is 15.9. The smallest absolute Gasteiger partial charge is 0.307 e. The predicted octanol–water partition coefficient (Wildman–Crippen LogP) is 8.69. The number of carboxylic acids is 1. The van der Waals surface area contributed by atoms with Crippen LogP contribution in [0, 0.1) is 62.6 Å². The average Bonchev–Trinajstić information content (AvgIpc) is 3.33. The van der Waals surface area contributed by atoms with E-state index in [0.29, 0.717) is 53.0 Å². The van der Waals surface area contributed by atoms with E-state index in [4.69, 9.17) is 20.3 Å². The number of hydrogen-bond acceptors (Lipinski definition) is 6. The maximum absolute atomic E-state index is 13.5. The molecule has 2 heterocycles. The van der Waals surface area contributed by atoms with Gasteiger partial charge in [0.05, 0.1) is 37.9 Å². The summed E-state index contributed by atoms with van der Waals surface area (Å²) in [5.74, 6) is 0.640. The first kappa shape index (κ1) is 37.0. The van der Waals surface area contributed by atoms with Gasteiger partial charge in [-0.1, -0.05) is 74.0 Å². The molecule has 12 atom stereocenters. The second-order valence-electron chi connectivity index (χ2n) is 18.6. The van der Waals surface area contributed by atoms with Crippen LogP contribution in [0.15, 0.2) is 21.1 Å². The predicted molar refractivity (Wildman–Crippen MR) is 195 cm³/mol. The van der Waals surface area contributed by atoms with Gasteiger partial charge in [-0.3, -0.25) is 4.79 Å². The number of aromatic nitrogens is 3. The van der Waals surface area contributed by atoms with Gasteiger partial charge >= 0.3 is 5.97 Å². The van der Waals surface area contributed by atoms with Gasteiger partial charge in [-0.15, -0.1) is 5.10 Å². The number of hydrogen-bond donors (Lipinski definition) is 2. The number of nitrogens with two attached hydrogens (primary N) is 1. The van der Waals surface area contributed by atoms with Crippen molar-refractivity contribution in [3.63, 3.8) is 0 Å². The maximum atomic E-state index is 13.5. The summed E-state index contributed by atoms with van der Waals surface area (Å²) in [6, 6.07) is -0.0830. The number of halogens is 2. The number of rotatable bonds is 8. The van der Waals surface area contributed by atoms with Crippen LogP contribution in [0.25, 0.3) is 0 Å². The Morgan fingerprint density at radius 2 is 1.81 bits per heavy atom. The zero-order chi connectivity index (χ0) is 35.4. The highest BCUT2D eigenvalue weighted by Gasteiger charge is 2.72. The second kappa shape index (κ2) is 12.1. The van der Waals surface area contributed by atoms with Gasteiger partial charge in [-0.2, -0.15) is 4.98 Å². The summed E-state index contributed by atoms with van der Waals surface area (Å²) < 4.78 is 17.0. The Labute approximate surface area is 305 Å². The molecule has 1 saturated heterocycles. The van der Waals surface area contributed by atoms with E-state index in [0.717, 1.165) is 38.5 Å². The molecule has 0 unspecified atom stereocenters. The van der Waals surface area contributed by atoms with Crippen LogP contribution in [0.5, 0.6) is 0 Å². The third-order valence-electron chi connectivity index (χ3n) is 15.9. The number of nitrogens with zero attached hydrogens (tertiary/aromatic N) is 3. The Hall–Kier alpha value is -0.810. The third-order valence-corrected chi connectivity index (χ3v) is 16.7. The Morgan fingerprint density at radius 1 is 1.12 bits per heavy atom. The summed E-state index contributed by atoms with van der Waals surface area (Å²) in [4.78, 5) is 18.1. The highest BCUT2D eigenvalue weighted by Crippen LogP contribution is 2.75. The number of fused-ring (bicyclic) bond motifs is 3. The minimum atomic E-state index is -0.622. The van der Waals surface area contributed by atoms with Crippen LogP contribution in [-0.4, -0.2) is 57.3 Å². The van der Waals surface area contributed by atoms with E-state index in [1.54, 1.807) is 0 Å². The van der Waals surface area contributed by atoms with Crippen LogP contribution >= 0.6 is 31.9 Å². The molecule has 4 fully saturated rings. The van der Waals surface area contributed by atoms with E-state index in [1.807, 2.05) is 4.68 Å². The molecule has 0 aromatic carbocycles. The van der Waals surface area contributed by atoms with E-state index in [1.165, 1.54) is 5.57 Å². The normalized spacial score (nSPS) is 44.3. The van der Waals surface area contributed by atoms with Crippen molar-refractivity contribution in [2.24, 2.45) is 68.3 Å². The van der Waals surface area contributed by atoms with E-state index in [2.05, 4.69) is 112 Å². The Bertz CT molecular complexity index is 1460. The lowest BCUT2D eigenvalue weighted by atomic mass is 9.34. The minimum absolute atomic E-state index is 0.0830. The summed E-state index contributed by atoms with van der Waals surface area (Å²) >= 11 is 7.27. The molecule has 1 aromatic heterocycles. The lowest BCUT2D eigenvalue weighted by Gasteiger charge is -2.71. The Morgan fingerprint density at radius 3 is 2.40 bits per heavy atom. The van der Waals surface area contributed by atoms with Crippen molar-refractivity contribution >= 4 is 37.8 Å². The molecule has 1 aliphatic heterocycles. The number of carbonyl (C=O) groups is 1. The quantitative estimate of drug-likeness (QED) is 0.253. The van der Waals surface area contributed by atoms with E-state index in [9.17, 15) is 9.90 Å². The lowest BCUT2D eigenvalue weighted by Crippen LogP contribution is -2.69. The number of aliphatic carboxylic acids is 1. The van der Waals surface area contributed by atoms with E-state index >= 15 is 0 Å². The summed E-state index contributed by atoms with van der Waals surface area (Å²) in [7, 11) is 0. The maximum Gasteiger partial charge on any atom is 0.307 e. The van der Waals surface area contributed by atoms with Gasteiger partial charge in [0.1, 0.15) is 0 Å². The highest BCUT2D eigenvalue weighted by atomic mass is 79.9. The molecule has 0 radical (unpaired) electrons. The van der Waals surface area contributed by atoms with E-state index in [-0.39, 0.29) is 45.1 Å².